The van der Waals surface area contributed by atoms with Crippen LogP contribution in [-0.4, -0.2) is 11.3 Å². The molecule has 0 saturated heterocycles. The van der Waals surface area contributed by atoms with Crippen LogP contribution in [0.15, 0.2) is 16.6 Å². The van der Waals surface area contributed by atoms with Gasteiger partial charge in [0.2, 0.25) is 0 Å². The highest BCUT2D eigenvalue weighted by atomic mass is 79.9. The summed E-state index contributed by atoms with van der Waals surface area (Å²) in [4.78, 5) is 0. The minimum absolute atomic E-state index is 0.0441. The molecule has 84 valence electrons. The smallest absolute Gasteiger partial charge is 0.379 e. The zero-order chi connectivity index (χ0) is 11.8. The zero-order valence-electron chi connectivity index (χ0n) is 7.57. The average Bonchev–Trinajstić information content (AvgIpc) is 2.08. The van der Waals surface area contributed by atoms with Crippen molar-refractivity contribution in [2.75, 3.05) is 0 Å². The van der Waals surface area contributed by atoms with Crippen LogP contribution in [0, 0.1) is 12.7 Å². The van der Waals surface area contributed by atoms with E-state index in [9.17, 15) is 17.6 Å². The highest BCUT2D eigenvalue weighted by Crippen LogP contribution is 2.35. The number of aryl methyl sites for hydroxylation is 1. The molecule has 15 heavy (non-hydrogen) atoms. The molecule has 0 amide bonds. The lowest BCUT2D eigenvalue weighted by atomic mass is 10.1. The van der Waals surface area contributed by atoms with E-state index in [-0.39, 0.29) is 5.56 Å². The molecule has 0 spiro atoms. The lowest BCUT2D eigenvalue weighted by Gasteiger charge is -2.16. The van der Waals surface area contributed by atoms with E-state index in [2.05, 4.69) is 15.9 Å². The quantitative estimate of drug-likeness (QED) is 0.784. The summed E-state index contributed by atoms with van der Waals surface area (Å²) < 4.78 is 50.0. The minimum atomic E-state index is -4.87. The van der Waals surface area contributed by atoms with Crippen LogP contribution in [-0.2, 0) is 0 Å². The van der Waals surface area contributed by atoms with Crippen LogP contribution in [0.3, 0.4) is 0 Å². The summed E-state index contributed by atoms with van der Waals surface area (Å²) in [5.41, 5.74) is -0.725. The molecule has 0 radical (unpaired) electrons. The van der Waals surface area contributed by atoms with Crippen molar-refractivity contribution in [2.24, 2.45) is 0 Å². The molecule has 0 aromatic heterocycles. The van der Waals surface area contributed by atoms with Gasteiger partial charge in [0.05, 0.1) is 0 Å². The molecule has 6 heteroatoms. The summed E-state index contributed by atoms with van der Waals surface area (Å²) in [5.74, 6) is -1.04. The van der Waals surface area contributed by atoms with Gasteiger partial charge in [-0.15, -0.1) is 0 Å². The fourth-order valence-corrected chi connectivity index (χ4v) is 1.72. The molecule has 0 bridgehead atoms. The Morgan fingerprint density at radius 3 is 2.33 bits per heavy atom. The Hall–Kier alpha value is -0.620. The predicted octanol–water partition coefficient (Wildman–Crippen LogP) is 3.49. The van der Waals surface area contributed by atoms with E-state index in [1.165, 1.54) is 13.0 Å². The van der Waals surface area contributed by atoms with E-state index in [0.29, 0.717) is 4.47 Å². The molecule has 0 aliphatic heterocycles. The molecule has 1 N–H and O–H groups in total. The molecule has 1 atom stereocenters. The third-order valence-corrected chi connectivity index (χ3v) is 2.31. The van der Waals surface area contributed by atoms with E-state index in [0.717, 1.165) is 6.07 Å². The molecule has 1 nitrogen and oxygen atoms in total. The second kappa shape index (κ2) is 4.09. The monoisotopic (exact) mass is 286 g/mol. The summed E-state index contributed by atoms with van der Waals surface area (Å²) in [6.45, 7) is 1.33. The van der Waals surface area contributed by atoms with Gasteiger partial charge in [-0.1, -0.05) is 15.9 Å². The third kappa shape index (κ3) is 2.69. The van der Waals surface area contributed by atoms with Gasteiger partial charge in [0.1, 0.15) is 5.82 Å². The maximum Gasteiger partial charge on any atom is 0.418 e. The number of rotatable bonds is 1. The lowest BCUT2D eigenvalue weighted by molar-refractivity contribution is -0.207. The first-order chi connectivity index (χ1) is 6.73. The molecule has 0 aliphatic rings. The standard InChI is InChI=1S/C9H7BrF4O/c1-4-2-5(10)3-6(7(4)11)8(15)9(12,13)14/h2-3,8,15H,1H3. The van der Waals surface area contributed by atoms with E-state index >= 15 is 0 Å². The Kier molecular flexibility index (Phi) is 3.40. The van der Waals surface area contributed by atoms with E-state index < -0.39 is 23.7 Å². The van der Waals surface area contributed by atoms with Crippen LogP contribution < -0.4 is 0 Å². The highest BCUT2D eigenvalue weighted by Gasteiger charge is 2.41. The van der Waals surface area contributed by atoms with Crippen molar-refractivity contribution in [2.45, 2.75) is 19.2 Å². The summed E-state index contributed by atoms with van der Waals surface area (Å²) in [6, 6.07) is 2.25. The van der Waals surface area contributed by atoms with Crippen molar-refractivity contribution < 1.29 is 22.7 Å². The third-order valence-electron chi connectivity index (χ3n) is 1.85. The Morgan fingerprint density at radius 2 is 1.87 bits per heavy atom. The molecule has 0 fully saturated rings. The van der Waals surface area contributed by atoms with Crippen LogP contribution in [0.1, 0.15) is 17.2 Å². The van der Waals surface area contributed by atoms with E-state index in [1.54, 1.807) is 0 Å². The maximum absolute atomic E-state index is 13.3. The first-order valence-electron chi connectivity index (χ1n) is 3.94. The van der Waals surface area contributed by atoms with Crippen LogP contribution in [0.25, 0.3) is 0 Å². The molecular formula is C9H7BrF4O. The Bertz CT molecular complexity index is 375. The second-order valence-corrected chi connectivity index (χ2v) is 3.99. The first-order valence-corrected chi connectivity index (χ1v) is 4.73. The van der Waals surface area contributed by atoms with E-state index in [1.807, 2.05) is 0 Å². The predicted molar refractivity (Wildman–Crippen MR) is 49.9 cm³/mol. The van der Waals surface area contributed by atoms with Crippen LogP contribution in [0.4, 0.5) is 17.6 Å². The van der Waals surface area contributed by atoms with Crippen molar-refractivity contribution >= 4 is 15.9 Å². The number of hydrogen-bond acceptors (Lipinski definition) is 1. The SMILES string of the molecule is Cc1cc(Br)cc(C(O)C(F)(F)F)c1F. The lowest BCUT2D eigenvalue weighted by Crippen LogP contribution is -2.21. The van der Waals surface area contributed by atoms with Gasteiger partial charge in [0.25, 0.3) is 0 Å². The number of aliphatic hydroxyl groups excluding tert-OH is 1. The molecule has 0 saturated carbocycles. The normalized spacial score (nSPS) is 14.1. The van der Waals surface area contributed by atoms with Gasteiger partial charge in [-0.05, 0) is 24.6 Å². The van der Waals surface area contributed by atoms with Crippen molar-refractivity contribution in [1.29, 1.82) is 0 Å². The Morgan fingerprint density at radius 1 is 1.33 bits per heavy atom. The summed E-state index contributed by atoms with van der Waals surface area (Å²) in [6.07, 6.45) is -7.66. The van der Waals surface area contributed by atoms with E-state index in [4.69, 9.17) is 5.11 Å². The highest BCUT2D eigenvalue weighted by molar-refractivity contribution is 9.10. The Labute approximate surface area is 91.9 Å². The van der Waals surface area contributed by atoms with Gasteiger partial charge in [-0.2, -0.15) is 13.2 Å². The number of halogens is 5. The fourth-order valence-electron chi connectivity index (χ4n) is 1.13. The number of benzene rings is 1. The zero-order valence-corrected chi connectivity index (χ0v) is 9.16. The molecule has 1 aromatic carbocycles. The largest absolute Gasteiger partial charge is 0.418 e. The van der Waals surface area contributed by atoms with Crippen molar-refractivity contribution in [3.63, 3.8) is 0 Å². The molecule has 0 heterocycles. The van der Waals surface area contributed by atoms with Crippen molar-refractivity contribution in [1.82, 2.24) is 0 Å². The summed E-state index contributed by atoms with van der Waals surface area (Å²) in [7, 11) is 0. The Balaban J connectivity index is 3.25. The summed E-state index contributed by atoms with van der Waals surface area (Å²) in [5, 5.41) is 8.90. The number of alkyl halides is 3. The van der Waals surface area contributed by atoms with Gasteiger partial charge in [-0.25, -0.2) is 4.39 Å². The molecule has 0 aliphatic carbocycles. The second-order valence-electron chi connectivity index (χ2n) is 3.07. The summed E-state index contributed by atoms with van der Waals surface area (Å²) >= 11 is 2.94. The minimum Gasteiger partial charge on any atom is -0.379 e. The maximum atomic E-state index is 13.3. The van der Waals surface area contributed by atoms with Crippen molar-refractivity contribution in [3.8, 4) is 0 Å². The van der Waals surface area contributed by atoms with Crippen molar-refractivity contribution in [3.05, 3.63) is 33.5 Å². The topological polar surface area (TPSA) is 20.2 Å². The van der Waals surface area contributed by atoms with Gasteiger partial charge < -0.3 is 5.11 Å². The molecule has 1 rings (SSSR count). The van der Waals surface area contributed by atoms with Crippen LogP contribution >= 0.6 is 15.9 Å². The number of aliphatic hydroxyl groups is 1. The van der Waals surface area contributed by atoms with Gasteiger partial charge >= 0.3 is 6.18 Å². The molecular weight excluding hydrogens is 280 g/mol. The average molecular weight is 287 g/mol. The van der Waals surface area contributed by atoms with Gasteiger partial charge in [0, 0.05) is 10.0 Å². The van der Waals surface area contributed by atoms with Crippen LogP contribution in [0.2, 0.25) is 0 Å². The van der Waals surface area contributed by atoms with Crippen LogP contribution in [0.5, 0.6) is 0 Å². The number of hydrogen-bond donors (Lipinski definition) is 1. The van der Waals surface area contributed by atoms with Gasteiger partial charge in [-0.3, -0.25) is 0 Å². The van der Waals surface area contributed by atoms with Gasteiger partial charge in [0.15, 0.2) is 6.10 Å². The molecule has 1 unspecified atom stereocenters. The fraction of sp³-hybridized carbons (Fsp3) is 0.333. The molecule has 1 aromatic rings. The first kappa shape index (κ1) is 12.4.